The third-order valence-corrected chi connectivity index (χ3v) is 2.11. The molecule has 1 aromatic carbocycles. The van der Waals surface area contributed by atoms with Gasteiger partial charge in [0.25, 0.3) is 0 Å². The predicted molar refractivity (Wildman–Crippen MR) is 67.0 cm³/mol. The van der Waals surface area contributed by atoms with Gasteiger partial charge in [-0.05, 0) is 25.1 Å². The lowest BCUT2D eigenvalue weighted by Crippen LogP contribution is -2.35. The molecule has 0 unspecified atom stereocenters. The molecule has 4 N–H and O–H groups in total. The highest BCUT2D eigenvalue weighted by atomic mass is 16.5. The van der Waals surface area contributed by atoms with Crippen LogP contribution in [0.3, 0.4) is 0 Å². The smallest absolute Gasteiger partial charge is 0.312 e. The summed E-state index contributed by atoms with van der Waals surface area (Å²) in [7, 11) is 0. The Kier molecular flexibility index (Phi) is 6.59. The van der Waals surface area contributed by atoms with E-state index in [1.165, 1.54) is 0 Å². The lowest BCUT2D eigenvalue weighted by molar-refractivity contribution is 0.249. The van der Waals surface area contributed by atoms with E-state index in [0.29, 0.717) is 19.7 Å². The number of ether oxygens (including phenoxy) is 1. The van der Waals surface area contributed by atoms with Crippen LogP contribution in [0.1, 0.15) is 6.42 Å². The molecular formula is C12H19N3O2. The molecule has 0 spiro atoms. The number of nitrogens with two attached hydrogens (primary N) is 1. The maximum absolute atomic E-state index is 10.4. The van der Waals surface area contributed by atoms with Crippen LogP contribution in [0.4, 0.5) is 4.79 Å². The second-order valence-corrected chi connectivity index (χ2v) is 3.56. The van der Waals surface area contributed by atoms with Crippen molar-refractivity contribution in [2.75, 3.05) is 26.2 Å². The summed E-state index contributed by atoms with van der Waals surface area (Å²) in [5, 5.41) is 5.68. The van der Waals surface area contributed by atoms with Crippen LogP contribution in [0.2, 0.25) is 0 Å². The van der Waals surface area contributed by atoms with E-state index in [-0.39, 0.29) is 0 Å². The van der Waals surface area contributed by atoms with E-state index < -0.39 is 6.03 Å². The van der Waals surface area contributed by atoms with Crippen LogP contribution in [-0.2, 0) is 0 Å². The Labute approximate surface area is 101 Å². The van der Waals surface area contributed by atoms with E-state index in [4.69, 9.17) is 10.5 Å². The van der Waals surface area contributed by atoms with Gasteiger partial charge in [0.15, 0.2) is 0 Å². The third-order valence-electron chi connectivity index (χ3n) is 2.11. The molecule has 0 aliphatic heterocycles. The van der Waals surface area contributed by atoms with Crippen LogP contribution in [0.5, 0.6) is 5.75 Å². The molecule has 0 fully saturated rings. The lowest BCUT2D eigenvalue weighted by Gasteiger charge is -2.07. The summed E-state index contributed by atoms with van der Waals surface area (Å²) >= 11 is 0. The van der Waals surface area contributed by atoms with Gasteiger partial charge >= 0.3 is 6.03 Å². The second kappa shape index (κ2) is 8.41. The number of primary amides is 1. The van der Waals surface area contributed by atoms with E-state index in [0.717, 1.165) is 18.7 Å². The number of amides is 2. The fourth-order valence-electron chi connectivity index (χ4n) is 1.30. The molecule has 1 rings (SSSR count). The quantitative estimate of drug-likeness (QED) is 0.583. The van der Waals surface area contributed by atoms with E-state index in [1.54, 1.807) is 0 Å². The number of para-hydroxylation sites is 1. The minimum Gasteiger partial charge on any atom is -0.494 e. The molecule has 0 aliphatic carbocycles. The Bertz CT molecular complexity index is 317. The molecule has 0 radical (unpaired) electrons. The van der Waals surface area contributed by atoms with Crippen LogP contribution in [-0.4, -0.2) is 32.3 Å². The fourth-order valence-corrected chi connectivity index (χ4v) is 1.30. The summed E-state index contributed by atoms with van der Waals surface area (Å²) in [5.41, 5.74) is 4.92. The van der Waals surface area contributed by atoms with Crippen molar-refractivity contribution in [2.24, 2.45) is 5.73 Å². The maximum Gasteiger partial charge on any atom is 0.312 e. The van der Waals surface area contributed by atoms with Crippen molar-refractivity contribution in [3.63, 3.8) is 0 Å². The molecule has 5 heteroatoms. The van der Waals surface area contributed by atoms with Crippen LogP contribution >= 0.6 is 0 Å². The minimum atomic E-state index is -0.487. The first-order valence-electron chi connectivity index (χ1n) is 5.71. The van der Waals surface area contributed by atoms with Crippen LogP contribution in [0.25, 0.3) is 0 Å². The molecule has 0 atom stereocenters. The highest BCUT2D eigenvalue weighted by Crippen LogP contribution is 2.07. The number of nitrogens with one attached hydrogen (secondary N) is 2. The first kappa shape index (κ1) is 13.3. The average Bonchev–Trinajstić information content (AvgIpc) is 2.33. The summed E-state index contributed by atoms with van der Waals surface area (Å²) in [4.78, 5) is 10.4. The molecule has 0 bridgehead atoms. The van der Waals surface area contributed by atoms with Crippen molar-refractivity contribution >= 4 is 6.03 Å². The third kappa shape index (κ3) is 7.19. The number of carbonyl (C=O) groups excluding carboxylic acids is 1. The largest absolute Gasteiger partial charge is 0.494 e. The summed E-state index contributed by atoms with van der Waals surface area (Å²) in [6, 6.07) is 9.24. The minimum absolute atomic E-state index is 0.487. The van der Waals surface area contributed by atoms with E-state index in [9.17, 15) is 4.79 Å². The number of hydrogen-bond acceptors (Lipinski definition) is 3. The summed E-state index contributed by atoms with van der Waals surface area (Å²) < 4.78 is 5.52. The zero-order chi connectivity index (χ0) is 12.3. The van der Waals surface area contributed by atoms with E-state index >= 15 is 0 Å². The summed E-state index contributed by atoms with van der Waals surface area (Å²) in [5.74, 6) is 0.892. The van der Waals surface area contributed by atoms with Gasteiger partial charge in [-0.2, -0.15) is 0 Å². The van der Waals surface area contributed by atoms with Crippen molar-refractivity contribution in [1.29, 1.82) is 0 Å². The molecule has 0 saturated carbocycles. The average molecular weight is 237 g/mol. The number of carbonyl (C=O) groups is 1. The number of urea groups is 1. The van der Waals surface area contributed by atoms with Gasteiger partial charge in [-0.15, -0.1) is 0 Å². The Hall–Kier alpha value is -1.75. The van der Waals surface area contributed by atoms with Gasteiger partial charge in [0.2, 0.25) is 0 Å². The van der Waals surface area contributed by atoms with Crippen molar-refractivity contribution in [3.8, 4) is 5.75 Å². The topological polar surface area (TPSA) is 76.4 Å². The second-order valence-electron chi connectivity index (χ2n) is 3.56. The lowest BCUT2D eigenvalue weighted by atomic mass is 10.3. The van der Waals surface area contributed by atoms with E-state index in [1.807, 2.05) is 30.3 Å². The molecule has 1 aromatic rings. The van der Waals surface area contributed by atoms with Crippen LogP contribution in [0, 0.1) is 0 Å². The number of hydrogen-bond donors (Lipinski definition) is 3. The van der Waals surface area contributed by atoms with Crippen LogP contribution in [0.15, 0.2) is 30.3 Å². The first-order valence-corrected chi connectivity index (χ1v) is 5.71. The van der Waals surface area contributed by atoms with Crippen LogP contribution < -0.4 is 21.1 Å². The SMILES string of the molecule is NC(=O)NCCNCCCOc1ccccc1. The first-order chi connectivity index (χ1) is 8.29. The monoisotopic (exact) mass is 237 g/mol. The van der Waals surface area contributed by atoms with Crippen molar-refractivity contribution in [1.82, 2.24) is 10.6 Å². The maximum atomic E-state index is 10.4. The standard InChI is InChI=1S/C12H19N3O2/c13-12(16)15-9-8-14-7-4-10-17-11-5-2-1-3-6-11/h1-3,5-6,14H,4,7-10H2,(H3,13,15,16). The van der Waals surface area contributed by atoms with Gasteiger partial charge < -0.3 is 21.1 Å². The van der Waals surface area contributed by atoms with Crippen molar-refractivity contribution in [2.45, 2.75) is 6.42 Å². The van der Waals surface area contributed by atoms with Gasteiger partial charge in [0.1, 0.15) is 5.75 Å². The summed E-state index contributed by atoms with van der Waals surface area (Å²) in [6.07, 6.45) is 0.922. The Morgan fingerprint density at radius 2 is 1.94 bits per heavy atom. The van der Waals surface area contributed by atoms with Gasteiger partial charge in [-0.1, -0.05) is 18.2 Å². The van der Waals surface area contributed by atoms with Gasteiger partial charge in [-0.3, -0.25) is 0 Å². The zero-order valence-electron chi connectivity index (χ0n) is 9.82. The molecule has 94 valence electrons. The Balaban J connectivity index is 1.90. The predicted octanol–water partition coefficient (Wildman–Crippen LogP) is 0.713. The van der Waals surface area contributed by atoms with Crippen molar-refractivity contribution < 1.29 is 9.53 Å². The number of rotatable bonds is 8. The van der Waals surface area contributed by atoms with Crippen molar-refractivity contribution in [3.05, 3.63) is 30.3 Å². The number of benzene rings is 1. The molecule has 0 aromatic heterocycles. The fraction of sp³-hybridized carbons (Fsp3) is 0.417. The zero-order valence-corrected chi connectivity index (χ0v) is 9.82. The molecule has 17 heavy (non-hydrogen) atoms. The molecular weight excluding hydrogens is 218 g/mol. The molecule has 0 aliphatic rings. The van der Waals surface area contributed by atoms with Gasteiger partial charge in [-0.25, -0.2) is 4.79 Å². The molecule has 0 saturated heterocycles. The van der Waals surface area contributed by atoms with E-state index in [2.05, 4.69) is 10.6 Å². The van der Waals surface area contributed by atoms with Gasteiger partial charge in [0, 0.05) is 13.1 Å². The highest BCUT2D eigenvalue weighted by molar-refractivity contribution is 5.71. The Morgan fingerprint density at radius 1 is 1.18 bits per heavy atom. The molecule has 2 amide bonds. The Morgan fingerprint density at radius 3 is 2.65 bits per heavy atom. The highest BCUT2D eigenvalue weighted by Gasteiger charge is 1.93. The molecule has 5 nitrogen and oxygen atoms in total. The molecule has 0 heterocycles. The normalized spacial score (nSPS) is 9.88. The van der Waals surface area contributed by atoms with Gasteiger partial charge in [0.05, 0.1) is 6.61 Å². The summed E-state index contributed by atoms with van der Waals surface area (Å²) in [6.45, 7) is 2.80.